The van der Waals surface area contributed by atoms with Crippen molar-refractivity contribution in [1.29, 1.82) is 0 Å². The molecule has 1 amide bonds. The Morgan fingerprint density at radius 2 is 2.40 bits per heavy atom. The fourth-order valence-electron chi connectivity index (χ4n) is 1.23. The molecule has 0 fully saturated rings. The van der Waals surface area contributed by atoms with Crippen LogP contribution in [0.2, 0.25) is 0 Å². The van der Waals surface area contributed by atoms with Crippen molar-refractivity contribution in [2.75, 3.05) is 13.1 Å². The van der Waals surface area contributed by atoms with Gasteiger partial charge in [0.2, 0.25) is 5.91 Å². The molecule has 0 aliphatic heterocycles. The van der Waals surface area contributed by atoms with Gasteiger partial charge in [0.1, 0.15) is 0 Å². The molecule has 5 nitrogen and oxygen atoms in total. The third kappa shape index (κ3) is 4.12. The number of hydrogen-bond acceptors (Lipinski definition) is 3. The van der Waals surface area contributed by atoms with E-state index in [1.807, 2.05) is 20.0 Å². The van der Waals surface area contributed by atoms with Crippen LogP contribution in [0.25, 0.3) is 0 Å². The van der Waals surface area contributed by atoms with Crippen LogP contribution in [0.5, 0.6) is 0 Å². The number of rotatable bonds is 6. The molecule has 0 aromatic carbocycles. The van der Waals surface area contributed by atoms with Crippen molar-refractivity contribution < 1.29 is 4.79 Å². The molecule has 0 radical (unpaired) electrons. The van der Waals surface area contributed by atoms with Crippen LogP contribution in [-0.4, -0.2) is 28.8 Å². The second-order valence-corrected chi connectivity index (χ2v) is 3.33. The molecule has 0 spiro atoms. The minimum Gasteiger partial charge on any atom is -0.350 e. The van der Waals surface area contributed by atoms with E-state index in [1.165, 1.54) is 0 Å². The number of amides is 1. The summed E-state index contributed by atoms with van der Waals surface area (Å²) in [5.41, 5.74) is 1.01. The standard InChI is InChI=1S/C10H18N4O/c1-3-11-6-5-10(15)12-8-9-4-7-13-14(9)2/h4,7,11H,3,5-6,8H2,1-2H3,(H,12,15). The van der Waals surface area contributed by atoms with Crippen LogP contribution in [0.4, 0.5) is 0 Å². The summed E-state index contributed by atoms with van der Waals surface area (Å²) in [6, 6.07) is 1.89. The minimum atomic E-state index is 0.0668. The highest BCUT2D eigenvalue weighted by Gasteiger charge is 2.02. The molecular formula is C10H18N4O. The maximum Gasteiger partial charge on any atom is 0.221 e. The highest BCUT2D eigenvalue weighted by Crippen LogP contribution is 1.94. The Morgan fingerprint density at radius 1 is 1.60 bits per heavy atom. The molecule has 1 heterocycles. The van der Waals surface area contributed by atoms with E-state index in [0.717, 1.165) is 18.8 Å². The third-order valence-corrected chi connectivity index (χ3v) is 2.17. The first-order valence-corrected chi connectivity index (χ1v) is 5.18. The molecular weight excluding hydrogens is 192 g/mol. The highest BCUT2D eigenvalue weighted by atomic mass is 16.1. The number of nitrogens with zero attached hydrogens (tertiary/aromatic N) is 2. The summed E-state index contributed by atoms with van der Waals surface area (Å²) < 4.78 is 1.75. The first kappa shape index (κ1) is 11.7. The summed E-state index contributed by atoms with van der Waals surface area (Å²) in [6.45, 7) is 4.19. The smallest absolute Gasteiger partial charge is 0.221 e. The first-order valence-electron chi connectivity index (χ1n) is 5.18. The van der Waals surface area contributed by atoms with Crippen LogP contribution in [0.3, 0.4) is 0 Å². The van der Waals surface area contributed by atoms with E-state index in [2.05, 4.69) is 15.7 Å². The first-order chi connectivity index (χ1) is 7.24. The Kier molecular flexibility index (Phi) is 4.83. The fraction of sp³-hybridized carbons (Fsp3) is 0.600. The van der Waals surface area contributed by atoms with E-state index < -0.39 is 0 Å². The monoisotopic (exact) mass is 210 g/mol. The van der Waals surface area contributed by atoms with Crippen LogP contribution in [-0.2, 0) is 18.4 Å². The highest BCUT2D eigenvalue weighted by molar-refractivity contribution is 5.75. The van der Waals surface area contributed by atoms with Crippen LogP contribution in [0.1, 0.15) is 19.0 Å². The van der Waals surface area contributed by atoms with Gasteiger partial charge in [-0.3, -0.25) is 9.48 Å². The van der Waals surface area contributed by atoms with Gasteiger partial charge < -0.3 is 10.6 Å². The SMILES string of the molecule is CCNCCC(=O)NCc1ccnn1C. The summed E-state index contributed by atoms with van der Waals surface area (Å²) in [5.74, 6) is 0.0668. The van der Waals surface area contributed by atoms with Gasteiger partial charge in [0.25, 0.3) is 0 Å². The molecule has 5 heteroatoms. The molecule has 0 atom stereocenters. The lowest BCUT2D eigenvalue weighted by molar-refractivity contribution is -0.121. The summed E-state index contributed by atoms with van der Waals surface area (Å²) in [4.78, 5) is 11.3. The van der Waals surface area contributed by atoms with Gasteiger partial charge in [-0.05, 0) is 12.6 Å². The van der Waals surface area contributed by atoms with E-state index in [0.29, 0.717) is 13.0 Å². The molecule has 0 saturated carbocycles. The van der Waals surface area contributed by atoms with Crippen LogP contribution in [0, 0.1) is 0 Å². The largest absolute Gasteiger partial charge is 0.350 e. The Hall–Kier alpha value is -1.36. The normalized spacial score (nSPS) is 10.3. The summed E-state index contributed by atoms with van der Waals surface area (Å²) in [6.07, 6.45) is 2.24. The lowest BCUT2D eigenvalue weighted by Gasteiger charge is -2.05. The van der Waals surface area contributed by atoms with Gasteiger partial charge in [0.05, 0.1) is 12.2 Å². The van der Waals surface area contributed by atoms with Crippen molar-refractivity contribution in [3.8, 4) is 0 Å². The Bertz CT molecular complexity index is 308. The number of aromatic nitrogens is 2. The van der Waals surface area contributed by atoms with Gasteiger partial charge in [-0.25, -0.2) is 0 Å². The number of carbonyl (C=O) groups is 1. The maximum absolute atomic E-state index is 11.3. The van der Waals surface area contributed by atoms with Crippen molar-refractivity contribution in [3.63, 3.8) is 0 Å². The quantitative estimate of drug-likeness (QED) is 0.652. The molecule has 1 aromatic heterocycles. The van der Waals surface area contributed by atoms with E-state index >= 15 is 0 Å². The molecule has 0 unspecified atom stereocenters. The fourth-order valence-corrected chi connectivity index (χ4v) is 1.23. The molecule has 2 N–H and O–H groups in total. The lowest BCUT2D eigenvalue weighted by Crippen LogP contribution is -2.27. The zero-order valence-electron chi connectivity index (χ0n) is 9.29. The topological polar surface area (TPSA) is 59.0 Å². The predicted molar refractivity (Wildman–Crippen MR) is 58.2 cm³/mol. The van der Waals surface area contributed by atoms with Crippen molar-refractivity contribution in [3.05, 3.63) is 18.0 Å². The maximum atomic E-state index is 11.3. The van der Waals surface area contributed by atoms with Crippen LogP contribution in [0.15, 0.2) is 12.3 Å². The van der Waals surface area contributed by atoms with Crippen molar-refractivity contribution in [1.82, 2.24) is 20.4 Å². The van der Waals surface area contributed by atoms with Gasteiger partial charge >= 0.3 is 0 Å². The van der Waals surface area contributed by atoms with Crippen molar-refractivity contribution in [2.24, 2.45) is 7.05 Å². The summed E-state index contributed by atoms with van der Waals surface area (Å²) >= 11 is 0. The van der Waals surface area contributed by atoms with E-state index in [9.17, 15) is 4.79 Å². The van der Waals surface area contributed by atoms with E-state index in [-0.39, 0.29) is 5.91 Å². The second-order valence-electron chi connectivity index (χ2n) is 3.33. The van der Waals surface area contributed by atoms with Gasteiger partial charge in [-0.15, -0.1) is 0 Å². The van der Waals surface area contributed by atoms with Gasteiger partial charge in [0.15, 0.2) is 0 Å². The zero-order valence-corrected chi connectivity index (χ0v) is 9.29. The molecule has 0 saturated heterocycles. The summed E-state index contributed by atoms with van der Waals surface area (Å²) in [5, 5.41) is 9.97. The molecule has 0 aliphatic rings. The number of aryl methyl sites for hydroxylation is 1. The number of nitrogens with one attached hydrogen (secondary N) is 2. The Labute approximate surface area is 89.9 Å². The van der Waals surface area contributed by atoms with Crippen molar-refractivity contribution >= 4 is 5.91 Å². The third-order valence-electron chi connectivity index (χ3n) is 2.17. The van der Waals surface area contributed by atoms with Crippen molar-refractivity contribution in [2.45, 2.75) is 19.9 Å². The van der Waals surface area contributed by atoms with Crippen LogP contribution >= 0.6 is 0 Å². The average molecular weight is 210 g/mol. The Balaban J connectivity index is 2.20. The average Bonchev–Trinajstić information content (AvgIpc) is 2.61. The molecule has 84 valence electrons. The van der Waals surface area contributed by atoms with Gasteiger partial charge in [-0.1, -0.05) is 6.92 Å². The molecule has 0 bridgehead atoms. The van der Waals surface area contributed by atoms with Gasteiger partial charge in [-0.2, -0.15) is 5.10 Å². The molecule has 1 aromatic rings. The van der Waals surface area contributed by atoms with E-state index in [4.69, 9.17) is 0 Å². The lowest BCUT2D eigenvalue weighted by atomic mass is 10.3. The molecule has 0 aliphatic carbocycles. The predicted octanol–water partition coefficient (Wildman–Crippen LogP) is 0.0359. The molecule has 15 heavy (non-hydrogen) atoms. The minimum absolute atomic E-state index is 0.0668. The van der Waals surface area contributed by atoms with E-state index in [1.54, 1.807) is 10.9 Å². The number of hydrogen-bond donors (Lipinski definition) is 2. The second kappa shape index (κ2) is 6.19. The number of carbonyl (C=O) groups excluding carboxylic acids is 1. The Morgan fingerprint density at radius 3 is 3.00 bits per heavy atom. The van der Waals surface area contributed by atoms with Crippen LogP contribution < -0.4 is 10.6 Å². The van der Waals surface area contributed by atoms with Gasteiger partial charge in [0, 0.05) is 26.2 Å². The molecule has 1 rings (SSSR count). The zero-order chi connectivity index (χ0) is 11.1. The summed E-state index contributed by atoms with van der Waals surface area (Å²) in [7, 11) is 1.86.